The number of carboxylic acid groups (broad SMARTS) is 1. The number of hydrazone groups is 1. The lowest BCUT2D eigenvalue weighted by atomic mass is 10.2. The van der Waals surface area contributed by atoms with Gasteiger partial charge in [-0.05, 0) is 42.0 Å². The van der Waals surface area contributed by atoms with Gasteiger partial charge >= 0.3 is 5.97 Å². The summed E-state index contributed by atoms with van der Waals surface area (Å²) in [7, 11) is -3.69. The molecule has 2 N–H and O–H groups in total. The Hall–Kier alpha value is -2.87. The van der Waals surface area contributed by atoms with Gasteiger partial charge in [0.2, 0.25) is 0 Å². The molecule has 0 bridgehead atoms. The third kappa shape index (κ3) is 5.11. The van der Waals surface area contributed by atoms with E-state index in [1.165, 1.54) is 18.3 Å². The van der Waals surface area contributed by atoms with E-state index in [1.807, 2.05) is 0 Å². The van der Waals surface area contributed by atoms with Crippen LogP contribution in [0.15, 0.2) is 64.6 Å². The molecule has 0 heterocycles. The zero-order chi connectivity index (χ0) is 16.7. The summed E-state index contributed by atoms with van der Waals surface area (Å²) in [5, 5.41) is 12.2. The lowest BCUT2D eigenvalue weighted by Gasteiger charge is -2.03. The van der Waals surface area contributed by atoms with Gasteiger partial charge in [0.05, 0.1) is 11.1 Å². The van der Waals surface area contributed by atoms with Gasteiger partial charge in [-0.2, -0.15) is 13.5 Å². The Labute approximate surface area is 133 Å². The highest BCUT2D eigenvalue weighted by Gasteiger charge is 2.10. The van der Waals surface area contributed by atoms with Crippen molar-refractivity contribution < 1.29 is 23.1 Å². The highest BCUT2D eigenvalue weighted by molar-refractivity contribution is 7.89. The first-order chi connectivity index (χ1) is 11.0. The Kier molecular flexibility index (Phi) is 5.32. The zero-order valence-corrected chi connectivity index (χ0v) is 12.7. The van der Waals surface area contributed by atoms with Gasteiger partial charge in [0.25, 0.3) is 10.0 Å². The van der Waals surface area contributed by atoms with Crippen LogP contribution in [0.25, 0.3) is 0 Å². The fourth-order valence-electron chi connectivity index (χ4n) is 1.62. The molecule has 2 rings (SSSR count). The lowest BCUT2D eigenvalue weighted by molar-refractivity contribution is -0.139. The molecule has 0 aliphatic carbocycles. The van der Waals surface area contributed by atoms with Gasteiger partial charge in [0.1, 0.15) is 5.75 Å². The van der Waals surface area contributed by atoms with Crippen LogP contribution in [-0.2, 0) is 14.8 Å². The van der Waals surface area contributed by atoms with Crippen LogP contribution in [0.1, 0.15) is 5.56 Å². The van der Waals surface area contributed by atoms with Crippen molar-refractivity contribution in [3.63, 3.8) is 0 Å². The zero-order valence-electron chi connectivity index (χ0n) is 11.9. The number of nitrogens with zero attached hydrogens (tertiary/aromatic N) is 1. The second-order valence-electron chi connectivity index (χ2n) is 4.42. The number of nitrogens with one attached hydrogen (secondary N) is 1. The number of sulfonamides is 1. The topological polar surface area (TPSA) is 105 Å². The van der Waals surface area contributed by atoms with E-state index in [0.29, 0.717) is 11.3 Å². The molecular weight excluding hydrogens is 320 g/mol. The molecule has 0 atom stereocenters. The summed E-state index contributed by atoms with van der Waals surface area (Å²) in [6.45, 7) is -0.426. The predicted molar refractivity (Wildman–Crippen MR) is 83.9 cm³/mol. The first kappa shape index (κ1) is 16.5. The van der Waals surface area contributed by atoms with Gasteiger partial charge in [0, 0.05) is 0 Å². The summed E-state index contributed by atoms with van der Waals surface area (Å²) in [6, 6.07) is 14.3. The predicted octanol–water partition coefficient (Wildman–Crippen LogP) is 1.46. The van der Waals surface area contributed by atoms with Crippen molar-refractivity contribution in [2.75, 3.05) is 6.61 Å². The van der Waals surface area contributed by atoms with E-state index in [1.54, 1.807) is 42.5 Å². The van der Waals surface area contributed by atoms with Crippen LogP contribution in [0.5, 0.6) is 5.75 Å². The fraction of sp³-hybridized carbons (Fsp3) is 0.0667. The van der Waals surface area contributed by atoms with E-state index in [4.69, 9.17) is 9.84 Å². The van der Waals surface area contributed by atoms with Crippen molar-refractivity contribution in [1.82, 2.24) is 4.83 Å². The van der Waals surface area contributed by atoms with Gasteiger partial charge in [-0.25, -0.2) is 9.63 Å². The SMILES string of the molecule is O=C(O)COc1ccc(/C=N\NS(=O)(=O)c2ccccc2)cc1. The average molecular weight is 334 g/mol. The third-order valence-corrected chi connectivity index (χ3v) is 3.92. The number of carboxylic acids is 1. The summed E-state index contributed by atoms with van der Waals surface area (Å²) in [6.07, 6.45) is 1.33. The second kappa shape index (κ2) is 7.41. The molecule has 8 heteroatoms. The fourth-order valence-corrected chi connectivity index (χ4v) is 2.43. The number of hydrogen-bond donors (Lipinski definition) is 2. The Morgan fingerprint density at radius 2 is 1.78 bits per heavy atom. The largest absolute Gasteiger partial charge is 0.482 e. The minimum atomic E-state index is -3.69. The molecule has 0 aromatic heterocycles. The molecule has 0 radical (unpaired) electrons. The molecule has 120 valence electrons. The smallest absolute Gasteiger partial charge is 0.341 e. The van der Waals surface area contributed by atoms with E-state index >= 15 is 0 Å². The van der Waals surface area contributed by atoms with Gasteiger partial charge in [-0.1, -0.05) is 18.2 Å². The normalized spacial score (nSPS) is 11.3. The Morgan fingerprint density at radius 1 is 1.13 bits per heavy atom. The maximum absolute atomic E-state index is 11.9. The van der Waals surface area contributed by atoms with Crippen molar-refractivity contribution in [2.45, 2.75) is 4.90 Å². The molecule has 0 spiro atoms. The molecule has 0 fully saturated rings. The number of ether oxygens (including phenoxy) is 1. The lowest BCUT2D eigenvalue weighted by Crippen LogP contribution is -2.18. The van der Waals surface area contributed by atoms with Crippen LogP contribution >= 0.6 is 0 Å². The quantitative estimate of drug-likeness (QED) is 0.589. The third-order valence-electron chi connectivity index (χ3n) is 2.68. The monoisotopic (exact) mass is 334 g/mol. The molecule has 0 saturated carbocycles. The minimum Gasteiger partial charge on any atom is -0.482 e. The second-order valence-corrected chi connectivity index (χ2v) is 6.08. The van der Waals surface area contributed by atoms with E-state index in [9.17, 15) is 13.2 Å². The summed E-state index contributed by atoms with van der Waals surface area (Å²) in [4.78, 5) is 12.6. The molecule has 23 heavy (non-hydrogen) atoms. The summed E-state index contributed by atoms with van der Waals surface area (Å²) < 4.78 is 28.8. The number of aliphatic carboxylic acids is 1. The van der Waals surface area contributed by atoms with E-state index in [0.717, 1.165) is 0 Å². The van der Waals surface area contributed by atoms with E-state index < -0.39 is 22.6 Å². The molecule has 0 aliphatic heterocycles. The number of benzene rings is 2. The Morgan fingerprint density at radius 3 is 2.39 bits per heavy atom. The molecule has 2 aromatic carbocycles. The molecule has 2 aromatic rings. The van der Waals surface area contributed by atoms with Crippen molar-refractivity contribution >= 4 is 22.2 Å². The number of rotatable bonds is 7. The van der Waals surface area contributed by atoms with Crippen molar-refractivity contribution in [3.8, 4) is 5.75 Å². The van der Waals surface area contributed by atoms with Crippen molar-refractivity contribution in [3.05, 3.63) is 60.2 Å². The average Bonchev–Trinajstić information content (AvgIpc) is 2.55. The molecule has 0 amide bonds. The van der Waals surface area contributed by atoms with E-state index in [-0.39, 0.29) is 4.90 Å². The highest BCUT2D eigenvalue weighted by atomic mass is 32.2. The highest BCUT2D eigenvalue weighted by Crippen LogP contribution is 2.11. The van der Waals surface area contributed by atoms with E-state index in [2.05, 4.69) is 9.93 Å². The van der Waals surface area contributed by atoms with Gasteiger partial charge in [0.15, 0.2) is 6.61 Å². The van der Waals surface area contributed by atoms with Crippen LogP contribution in [0.3, 0.4) is 0 Å². The summed E-state index contributed by atoms with van der Waals surface area (Å²) in [5.41, 5.74) is 0.628. The standard InChI is InChI=1S/C15H14N2O5S/c18-15(19)11-22-13-8-6-12(7-9-13)10-16-17-23(20,21)14-4-2-1-3-5-14/h1-10,17H,11H2,(H,18,19)/b16-10-. The number of hydrogen-bond acceptors (Lipinski definition) is 5. The minimum absolute atomic E-state index is 0.120. The van der Waals surface area contributed by atoms with Gasteiger partial charge in [-0.3, -0.25) is 0 Å². The van der Waals surface area contributed by atoms with Crippen LogP contribution < -0.4 is 9.57 Å². The Balaban J connectivity index is 1.97. The van der Waals surface area contributed by atoms with Crippen LogP contribution in [0.2, 0.25) is 0 Å². The summed E-state index contributed by atoms with van der Waals surface area (Å²) >= 11 is 0. The van der Waals surface area contributed by atoms with Crippen molar-refractivity contribution in [1.29, 1.82) is 0 Å². The van der Waals surface area contributed by atoms with Gasteiger partial charge < -0.3 is 9.84 Å². The Bertz CT molecular complexity index is 786. The van der Waals surface area contributed by atoms with Crippen LogP contribution in [0, 0.1) is 0 Å². The van der Waals surface area contributed by atoms with Crippen molar-refractivity contribution in [2.24, 2.45) is 5.10 Å². The van der Waals surface area contributed by atoms with Crippen LogP contribution in [0.4, 0.5) is 0 Å². The maximum Gasteiger partial charge on any atom is 0.341 e. The number of carbonyl (C=O) groups is 1. The van der Waals surface area contributed by atoms with Crippen LogP contribution in [-0.4, -0.2) is 32.3 Å². The van der Waals surface area contributed by atoms with Gasteiger partial charge in [-0.15, -0.1) is 0 Å². The first-order valence-electron chi connectivity index (χ1n) is 6.52. The molecule has 0 unspecified atom stereocenters. The maximum atomic E-state index is 11.9. The molecule has 7 nitrogen and oxygen atoms in total. The first-order valence-corrected chi connectivity index (χ1v) is 8.00. The molecule has 0 saturated heterocycles. The molecular formula is C15H14N2O5S. The molecule has 0 aliphatic rings. The summed E-state index contributed by atoms with van der Waals surface area (Å²) in [5.74, 6) is -0.666.